The van der Waals surface area contributed by atoms with Crippen molar-refractivity contribution in [3.63, 3.8) is 0 Å². The molecule has 1 aliphatic heterocycles. The van der Waals surface area contributed by atoms with E-state index in [1.54, 1.807) is 60.0 Å². The van der Waals surface area contributed by atoms with Gasteiger partial charge >= 0.3 is 0 Å². The molecule has 1 amide bonds. The second kappa shape index (κ2) is 6.80. The van der Waals surface area contributed by atoms with Crippen LogP contribution in [0.5, 0.6) is 0 Å². The topological polar surface area (TPSA) is 64.0 Å². The van der Waals surface area contributed by atoms with Crippen molar-refractivity contribution in [1.29, 1.82) is 0 Å². The smallest absolute Gasteiger partial charge is 0.238 e. The summed E-state index contributed by atoms with van der Waals surface area (Å²) in [6.07, 6.45) is 4.07. The van der Waals surface area contributed by atoms with Gasteiger partial charge in [-0.1, -0.05) is 18.2 Å². The fourth-order valence-corrected chi connectivity index (χ4v) is 4.16. The van der Waals surface area contributed by atoms with Crippen LogP contribution in [0.1, 0.15) is 21.7 Å². The lowest BCUT2D eigenvalue weighted by molar-refractivity contribution is -0.115. The molecule has 1 atom stereocenters. The maximum Gasteiger partial charge on any atom is 0.238 e. The summed E-state index contributed by atoms with van der Waals surface area (Å²) < 4.78 is 1.69. The maximum atomic E-state index is 12.5. The Bertz CT molecular complexity index is 954. The summed E-state index contributed by atoms with van der Waals surface area (Å²) >= 11 is 1.59. The number of rotatable bonds is 4. The van der Waals surface area contributed by atoms with E-state index in [1.165, 1.54) is 10.5 Å². The molecule has 4 rings (SSSR count). The maximum absolute atomic E-state index is 12.5. The summed E-state index contributed by atoms with van der Waals surface area (Å²) in [4.78, 5) is 30.2. The third-order valence-electron chi connectivity index (χ3n) is 4.38. The van der Waals surface area contributed by atoms with Crippen LogP contribution in [0.3, 0.4) is 0 Å². The van der Waals surface area contributed by atoms with Gasteiger partial charge < -0.3 is 9.88 Å². The molecule has 130 valence electrons. The zero-order valence-electron chi connectivity index (χ0n) is 14.2. The van der Waals surface area contributed by atoms with Crippen LogP contribution in [-0.2, 0) is 18.3 Å². The second-order valence-corrected chi connectivity index (χ2v) is 7.42. The number of carbonyl (C=O) groups excluding carboxylic acids is 2. The second-order valence-electron chi connectivity index (χ2n) is 6.18. The molecule has 1 aromatic heterocycles. The molecule has 0 saturated carbocycles. The average molecular weight is 363 g/mol. The van der Waals surface area contributed by atoms with Crippen LogP contribution in [0.15, 0.2) is 65.8 Å². The molecular weight excluding hydrogens is 346 g/mol. The monoisotopic (exact) mass is 363 g/mol. The lowest BCUT2D eigenvalue weighted by atomic mass is 10.1. The first-order chi connectivity index (χ1) is 12.6. The number of carbonyl (C=O) groups is 2. The number of imidazole rings is 1. The van der Waals surface area contributed by atoms with Gasteiger partial charge in [0.25, 0.3) is 0 Å². The number of hydrogen-bond donors (Lipinski definition) is 1. The van der Waals surface area contributed by atoms with Crippen LogP contribution < -0.4 is 5.32 Å². The van der Waals surface area contributed by atoms with Crippen molar-refractivity contribution in [2.24, 2.45) is 7.05 Å². The molecule has 1 N–H and O–H groups in total. The van der Waals surface area contributed by atoms with Gasteiger partial charge in [0.2, 0.25) is 11.7 Å². The van der Waals surface area contributed by atoms with Gasteiger partial charge in [0.1, 0.15) is 0 Å². The van der Waals surface area contributed by atoms with E-state index in [9.17, 15) is 9.59 Å². The highest BCUT2D eigenvalue weighted by molar-refractivity contribution is 8.01. The molecule has 26 heavy (non-hydrogen) atoms. The summed E-state index contributed by atoms with van der Waals surface area (Å²) in [5.74, 6) is 0.230. The van der Waals surface area contributed by atoms with E-state index >= 15 is 0 Å². The molecule has 0 fully saturated rings. The highest BCUT2D eigenvalue weighted by atomic mass is 32.2. The molecule has 2 heterocycles. The molecule has 0 aliphatic carbocycles. The van der Waals surface area contributed by atoms with Gasteiger partial charge in [0.05, 0.1) is 5.25 Å². The Balaban J connectivity index is 1.43. The number of nitrogens with zero attached hydrogens (tertiary/aromatic N) is 2. The Labute approximate surface area is 155 Å². The zero-order valence-corrected chi connectivity index (χ0v) is 15.0. The van der Waals surface area contributed by atoms with E-state index in [4.69, 9.17) is 0 Å². The van der Waals surface area contributed by atoms with E-state index in [-0.39, 0.29) is 16.9 Å². The quantitative estimate of drug-likeness (QED) is 0.723. The number of amides is 1. The van der Waals surface area contributed by atoms with Gasteiger partial charge in [-0.25, -0.2) is 4.98 Å². The van der Waals surface area contributed by atoms with Gasteiger partial charge in [-0.15, -0.1) is 11.8 Å². The van der Waals surface area contributed by atoms with Gasteiger partial charge in [0, 0.05) is 35.6 Å². The molecule has 0 saturated heterocycles. The number of anilines is 1. The van der Waals surface area contributed by atoms with Crippen molar-refractivity contribution in [3.05, 3.63) is 77.9 Å². The molecule has 3 aromatic rings. The summed E-state index contributed by atoms with van der Waals surface area (Å²) in [5, 5.41) is 2.82. The van der Waals surface area contributed by atoms with E-state index in [2.05, 4.69) is 16.4 Å². The standard InChI is InChI=1S/C20H17N3O2S/c1-23-11-10-21-19(23)18(24)13-6-8-15(9-7-13)22-20(25)17-12-14-4-2-3-5-16(14)26-17/h2-11,17H,12H2,1H3,(H,22,25). The Morgan fingerprint density at radius 2 is 1.92 bits per heavy atom. The normalized spacial score (nSPS) is 15.5. The van der Waals surface area contributed by atoms with E-state index in [1.807, 2.05) is 18.2 Å². The Morgan fingerprint density at radius 1 is 1.15 bits per heavy atom. The lowest BCUT2D eigenvalue weighted by Gasteiger charge is -2.10. The average Bonchev–Trinajstić information content (AvgIpc) is 3.27. The largest absolute Gasteiger partial charge is 0.331 e. The van der Waals surface area contributed by atoms with Crippen molar-refractivity contribution in [3.8, 4) is 0 Å². The summed E-state index contributed by atoms with van der Waals surface area (Å²) in [6.45, 7) is 0. The third-order valence-corrected chi connectivity index (χ3v) is 5.70. The van der Waals surface area contributed by atoms with Crippen molar-refractivity contribution >= 4 is 29.1 Å². The first kappa shape index (κ1) is 16.6. The van der Waals surface area contributed by atoms with Crippen LogP contribution in [0.2, 0.25) is 0 Å². The molecular formula is C20H17N3O2S. The lowest BCUT2D eigenvalue weighted by Crippen LogP contribution is -2.24. The molecule has 2 aromatic carbocycles. The van der Waals surface area contributed by atoms with Crippen molar-refractivity contribution < 1.29 is 9.59 Å². The number of ketones is 1. The molecule has 1 aliphatic rings. The minimum Gasteiger partial charge on any atom is -0.331 e. The van der Waals surface area contributed by atoms with E-state index in [0.717, 1.165) is 6.42 Å². The highest BCUT2D eigenvalue weighted by Gasteiger charge is 2.28. The van der Waals surface area contributed by atoms with E-state index < -0.39 is 0 Å². The van der Waals surface area contributed by atoms with Crippen molar-refractivity contribution in [1.82, 2.24) is 9.55 Å². The fraction of sp³-hybridized carbons (Fsp3) is 0.150. The third kappa shape index (κ3) is 3.15. The summed E-state index contributed by atoms with van der Waals surface area (Å²) in [6, 6.07) is 15.0. The van der Waals surface area contributed by atoms with Crippen molar-refractivity contribution in [2.45, 2.75) is 16.6 Å². The Hall–Kier alpha value is -2.86. The van der Waals surface area contributed by atoms with E-state index in [0.29, 0.717) is 17.1 Å². The van der Waals surface area contributed by atoms with Crippen LogP contribution >= 0.6 is 11.8 Å². The summed E-state index contributed by atoms with van der Waals surface area (Å²) in [5.41, 5.74) is 2.44. The number of fused-ring (bicyclic) bond motifs is 1. The van der Waals surface area contributed by atoms with Gasteiger partial charge in [-0.3, -0.25) is 9.59 Å². The van der Waals surface area contributed by atoms with Crippen LogP contribution in [0, 0.1) is 0 Å². The number of aromatic nitrogens is 2. The first-order valence-electron chi connectivity index (χ1n) is 8.29. The van der Waals surface area contributed by atoms with Crippen LogP contribution in [0.4, 0.5) is 5.69 Å². The summed E-state index contributed by atoms with van der Waals surface area (Å²) in [7, 11) is 1.78. The molecule has 0 spiro atoms. The number of aryl methyl sites for hydroxylation is 1. The number of nitrogens with one attached hydrogen (secondary N) is 1. The zero-order chi connectivity index (χ0) is 18.1. The predicted octanol–water partition coefficient (Wildman–Crippen LogP) is 3.31. The molecule has 0 radical (unpaired) electrons. The van der Waals surface area contributed by atoms with Crippen LogP contribution in [0.25, 0.3) is 0 Å². The molecule has 5 nitrogen and oxygen atoms in total. The minimum absolute atomic E-state index is 0.0191. The SMILES string of the molecule is Cn1ccnc1C(=O)c1ccc(NC(=O)C2Cc3ccccc3S2)cc1. The number of benzene rings is 2. The predicted molar refractivity (Wildman–Crippen MR) is 102 cm³/mol. The number of hydrogen-bond acceptors (Lipinski definition) is 4. The van der Waals surface area contributed by atoms with Crippen LogP contribution in [-0.4, -0.2) is 26.5 Å². The molecule has 1 unspecified atom stereocenters. The highest BCUT2D eigenvalue weighted by Crippen LogP contribution is 2.37. The van der Waals surface area contributed by atoms with Gasteiger partial charge in [-0.05, 0) is 42.3 Å². The van der Waals surface area contributed by atoms with Gasteiger partial charge in [0.15, 0.2) is 5.82 Å². The fourth-order valence-electron chi connectivity index (χ4n) is 2.97. The van der Waals surface area contributed by atoms with Gasteiger partial charge in [-0.2, -0.15) is 0 Å². The molecule has 0 bridgehead atoms. The number of thioether (sulfide) groups is 1. The first-order valence-corrected chi connectivity index (χ1v) is 9.17. The minimum atomic E-state index is -0.142. The molecule has 6 heteroatoms. The Morgan fingerprint density at radius 3 is 2.62 bits per heavy atom. The van der Waals surface area contributed by atoms with Crippen molar-refractivity contribution in [2.75, 3.05) is 5.32 Å². The Kier molecular flexibility index (Phi) is 4.34.